The maximum absolute atomic E-state index is 13.1. The normalized spacial score (nSPS) is 16.7. The van der Waals surface area contributed by atoms with Crippen molar-refractivity contribution in [3.8, 4) is 0 Å². The zero-order valence-corrected chi connectivity index (χ0v) is 30.6. The van der Waals surface area contributed by atoms with E-state index in [1.807, 2.05) is 13.0 Å². The third-order valence-electron chi connectivity index (χ3n) is 6.92. The number of hydrogen-bond acceptors (Lipinski definition) is 4. The van der Waals surface area contributed by atoms with Gasteiger partial charge in [-0.1, -0.05) is 66.4 Å². The highest BCUT2D eigenvalue weighted by Gasteiger charge is 2.30. The first-order chi connectivity index (χ1) is 20.7. The van der Waals surface area contributed by atoms with E-state index in [4.69, 9.17) is 0 Å². The minimum atomic E-state index is -3.09. The summed E-state index contributed by atoms with van der Waals surface area (Å²) in [5, 5.41) is 3.52. The molecule has 45 heavy (non-hydrogen) atoms. The average Bonchev–Trinajstić information content (AvgIpc) is 2.96. The van der Waals surface area contributed by atoms with Crippen LogP contribution in [0.3, 0.4) is 0 Å². The molecule has 0 radical (unpaired) electrons. The number of carbonyl (C=O) groups excluding carboxylic acids is 2. The predicted octanol–water partition coefficient (Wildman–Crippen LogP) is 11.1. The van der Waals surface area contributed by atoms with Gasteiger partial charge < -0.3 is 10.1 Å². The highest BCUT2D eigenvalue weighted by molar-refractivity contribution is 6.43. The Labute approximate surface area is 273 Å². The van der Waals surface area contributed by atoms with Gasteiger partial charge in [-0.25, -0.2) is 17.6 Å². The summed E-state index contributed by atoms with van der Waals surface area (Å²) in [7, 11) is 1.64. The molecule has 1 N–H and O–H groups in total. The molecule has 1 aliphatic heterocycles. The molecule has 1 fully saturated rings. The minimum absolute atomic E-state index is 0.0281. The molecule has 0 saturated carbocycles. The minimum Gasteiger partial charge on any atom is -0.314 e. The molecule has 1 aliphatic rings. The molecule has 262 valence electrons. The standard InChI is InChI=1S/C12H14F4.C9H15NO.C8H17N.C5H12.C3H6O/c1-4-8-5-9(11(2,13)14)7-10(6-8)12(3,15)16;1-5-7(2)6-9(10-4)8(3)11;1-3-8-5-4-7(2)6-9-8;1-3-5-4-2;1-3(2)4/h5-7H,4H2,1-3H3;6H,5H2,1-4H3;7-9H,3-6H2,1-2H3;3-5H2,1-2H3;1-2H3/b;7-6+,10-9?;;;. The number of alkyl halides is 4. The number of nitrogens with one attached hydrogen (secondary N) is 1. The van der Waals surface area contributed by atoms with Crippen molar-refractivity contribution in [2.75, 3.05) is 13.6 Å². The number of nitrogens with zero attached hydrogens (tertiary/aromatic N) is 1. The number of allylic oxidation sites excluding steroid dienone is 2. The van der Waals surface area contributed by atoms with Crippen LogP contribution in [0.25, 0.3) is 0 Å². The number of benzene rings is 1. The number of piperidine rings is 1. The number of unbranched alkanes of at least 4 members (excludes halogenated alkanes) is 2. The van der Waals surface area contributed by atoms with Crippen LogP contribution in [0.5, 0.6) is 0 Å². The molecule has 4 nitrogen and oxygen atoms in total. The molecule has 1 aromatic rings. The molecular formula is C37H64F4N2O2. The van der Waals surface area contributed by atoms with Crippen molar-refractivity contribution in [1.29, 1.82) is 0 Å². The summed E-state index contributed by atoms with van der Waals surface area (Å²) in [5.41, 5.74) is 1.52. The summed E-state index contributed by atoms with van der Waals surface area (Å²) in [6, 6.07) is 4.24. The first kappa shape index (κ1) is 47.1. The third kappa shape index (κ3) is 26.6. The fourth-order valence-corrected chi connectivity index (χ4v) is 3.82. The Kier molecular flexibility index (Phi) is 27.0. The van der Waals surface area contributed by atoms with Gasteiger partial charge in [-0.2, -0.15) is 0 Å². The summed E-state index contributed by atoms with van der Waals surface area (Å²) in [6.07, 6.45) is 11.4. The summed E-state index contributed by atoms with van der Waals surface area (Å²) in [4.78, 5) is 24.2. The molecule has 1 heterocycles. The molecule has 0 aliphatic carbocycles. The zero-order valence-electron chi connectivity index (χ0n) is 30.6. The van der Waals surface area contributed by atoms with E-state index in [0.717, 1.165) is 24.4 Å². The van der Waals surface area contributed by atoms with Crippen molar-refractivity contribution >= 4 is 17.3 Å². The van der Waals surface area contributed by atoms with Gasteiger partial charge in [-0.05, 0) is 95.2 Å². The van der Waals surface area contributed by atoms with E-state index in [9.17, 15) is 27.2 Å². The lowest BCUT2D eigenvalue weighted by molar-refractivity contribution is -0.115. The van der Waals surface area contributed by atoms with E-state index in [2.05, 4.69) is 44.9 Å². The summed E-state index contributed by atoms with van der Waals surface area (Å²) >= 11 is 0. The van der Waals surface area contributed by atoms with Crippen molar-refractivity contribution < 1.29 is 27.2 Å². The summed E-state index contributed by atoms with van der Waals surface area (Å²) < 4.78 is 52.4. The lowest BCUT2D eigenvalue weighted by atomic mass is 9.95. The van der Waals surface area contributed by atoms with Gasteiger partial charge >= 0.3 is 0 Å². The Morgan fingerprint density at radius 1 is 0.889 bits per heavy atom. The smallest absolute Gasteiger partial charge is 0.270 e. The van der Waals surface area contributed by atoms with Crippen molar-refractivity contribution in [2.45, 2.75) is 152 Å². The van der Waals surface area contributed by atoms with E-state index < -0.39 is 11.8 Å². The van der Waals surface area contributed by atoms with E-state index in [1.54, 1.807) is 14.0 Å². The van der Waals surface area contributed by atoms with Crippen molar-refractivity contribution in [3.63, 3.8) is 0 Å². The largest absolute Gasteiger partial charge is 0.314 e. The molecule has 0 amide bonds. The van der Waals surface area contributed by atoms with E-state index >= 15 is 0 Å². The number of hydrogen-bond donors (Lipinski definition) is 1. The Bertz CT molecular complexity index is 962. The van der Waals surface area contributed by atoms with Crippen LogP contribution < -0.4 is 5.32 Å². The maximum Gasteiger partial charge on any atom is 0.270 e. The second-order valence-corrected chi connectivity index (χ2v) is 12.0. The molecular weight excluding hydrogens is 580 g/mol. The van der Waals surface area contributed by atoms with Gasteiger partial charge in [0.25, 0.3) is 11.8 Å². The van der Waals surface area contributed by atoms with Crippen LogP contribution in [0.2, 0.25) is 0 Å². The van der Waals surface area contributed by atoms with Crippen LogP contribution in [0, 0.1) is 5.92 Å². The van der Waals surface area contributed by atoms with Crippen LogP contribution in [-0.4, -0.2) is 36.9 Å². The van der Waals surface area contributed by atoms with Gasteiger partial charge in [0, 0.05) is 45.0 Å². The number of halogens is 4. The Morgan fingerprint density at radius 2 is 1.36 bits per heavy atom. The fraction of sp³-hybridized carbons (Fsp3) is 0.703. The molecule has 1 saturated heterocycles. The predicted molar refractivity (Wildman–Crippen MR) is 185 cm³/mol. The molecule has 2 rings (SSSR count). The van der Waals surface area contributed by atoms with Gasteiger partial charge in [0.15, 0.2) is 5.78 Å². The maximum atomic E-state index is 13.1. The van der Waals surface area contributed by atoms with Crippen molar-refractivity contribution in [2.24, 2.45) is 10.9 Å². The second-order valence-electron chi connectivity index (χ2n) is 12.0. The monoisotopic (exact) mass is 644 g/mol. The highest BCUT2D eigenvalue weighted by atomic mass is 19.3. The molecule has 1 aromatic carbocycles. The number of aliphatic imine (C=N–C) groups is 1. The number of aryl methyl sites for hydroxylation is 1. The van der Waals surface area contributed by atoms with Gasteiger partial charge in [-0.3, -0.25) is 9.79 Å². The molecule has 0 spiro atoms. The number of carbonyl (C=O) groups is 2. The second kappa shape index (κ2) is 25.8. The Hall–Kier alpha value is -2.35. The molecule has 2 unspecified atom stereocenters. The summed E-state index contributed by atoms with van der Waals surface area (Å²) in [5.74, 6) is -5.08. The first-order valence-corrected chi connectivity index (χ1v) is 16.5. The summed E-state index contributed by atoms with van der Waals surface area (Å²) in [6.45, 7) is 22.0. The average molecular weight is 645 g/mol. The van der Waals surface area contributed by atoms with Crippen LogP contribution in [0.4, 0.5) is 17.6 Å². The van der Waals surface area contributed by atoms with Gasteiger partial charge in [-0.15, -0.1) is 0 Å². The quantitative estimate of drug-likeness (QED) is 0.215. The molecule has 0 aromatic heterocycles. The van der Waals surface area contributed by atoms with Crippen LogP contribution in [-0.2, 0) is 27.9 Å². The van der Waals surface area contributed by atoms with Gasteiger partial charge in [0.2, 0.25) is 0 Å². The van der Waals surface area contributed by atoms with E-state index in [1.165, 1.54) is 83.5 Å². The molecule has 2 atom stereocenters. The van der Waals surface area contributed by atoms with Gasteiger partial charge in [0.1, 0.15) is 5.78 Å². The third-order valence-corrected chi connectivity index (χ3v) is 6.92. The topological polar surface area (TPSA) is 58.5 Å². The number of rotatable bonds is 9. The van der Waals surface area contributed by atoms with Crippen molar-refractivity contribution in [3.05, 3.63) is 46.5 Å². The van der Waals surface area contributed by atoms with Crippen LogP contribution in [0.1, 0.15) is 145 Å². The number of ketones is 2. The van der Waals surface area contributed by atoms with Crippen molar-refractivity contribution in [1.82, 2.24) is 5.32 Å². The molecule has 0 bridgehead atoms. The first-order valence-electron chi connectivity index (χ1n) is 16.5. The van der Waals surface area contributed by atoms with Crippen LogP contribution in [0.15, 0.2) is 34.8 Å². The molecule has 8 heteroatoms. The van der Waals surface area contributed by atoms with E-state index in [-0.39, 0.29) is 22.7 Å². The van der Waals surface area contributed by atoms with Gasteiger partial charge in [0.05, 0.1) is 5.71 Å². The van der Waals surface area contributed by atoms with Crippen LogP contribution >= 0.6 is 0 Å². The SMILES string of the molecule is CC(C)=O.CC/C(C)=C/C(=NC)C(C)=O.CCC1CCC(C)CN1.CCCCC.CCc1cc(C(C)(F)F)cc(C(C)(F)F)c1. The zero-order chi connectivity index (χ0) is 35.8. The Balaban J connectivity index is -0.000000533. The number of Topliss-reactive ketones (excluding diaryl/α,β-unsaturated/α-hetero) is 2. The Morgan fingerprint density at radius 3 is 1.60 bits per heavy atom. The highest BCUT2D eigenvalue weighted by Crippen LogP contribution is 2.34. The lowest BCUT2D eigenvalue weighted by Crippen LogP contribution is -2.37. The lowest BCUT2D eigenvalue weighted by Gasteiger charge is -2.26. The van der Waals surface area contributed by atoms with E-state index in [0.29, 0.717) is 31.5 Å². The fourth-order valence-electron chi connectivity index (χ4n) is 3.82.